The average molecular weight is 322 g/mol. The third kappa shape index (κ3) is 2.55. The standard InChI is InChI=1S/C13H14N4O4S/c1-7-10(8(2)21-17-7)6-14-22(19,20)9-3-4-11-12(5-9)16-13(18)15-11/h3-5,14H,6H2,1-2H3,(H2,15,16,18). The lowest BCUT2D eigenvalue weighted by molar-refractivity contribution is 0.392. The van der Waals surface area contributed by atoms with Gasteiger partial charge in [-0.15, -0.1) is 0 Å². The first-order valence-electron chi connectivity index (χ1n) is 6.50. The highest BCUT2D eigenvalue weighted by atomic mass is 32.2. The van der Waals surface area contributed by atoms with Gasteiger partial charge in [0.2, 0.25) is 10.0 Å². The van der Waals surface area contributed by atoms with E-state index in [0.29, 0.717) is 28.1 Å². The van der Waals surface area contributed by atoms with Gasteiger partial charge in [0, 0.05) is 12.1 Å². The predicted molar refractivity (Wildman–Crippen MR) is 78.9 cm³/mol. The van der Waals surface area contributed by atoms with Crippen molar-refractivity contribution in [3.8, 4) is 0 Å². The molecular weight excluding hydrogens is 308 g/mol. The molecule has 2 heterocycles. The lowest BCUT2D eigenvalue weighted by Crippen LogP contribution is -2.23. The molecule has 1 aromatic carbocycles. The minimum absolute atomic E-state index is 0.0713. The maximum absolute atomic E-state index is 12.3. The van der Waals surface area contributed by atoms with Crippen LogP contribution in [-0.2, 0) is 16.6 Å². The lowest BCUT2D eigenvalue weighted by atomic mass is 10.2. The Kier molecular flexibility index (Phi) is 3.38. The van der Waals surface area contributed by atoms with Gasteiger partial charge in [-0.2, -0.15) is 0 Å². The van der Waals surface area contributed by atoms with Crippen molar-refractivity contribution in [3.63, 3.8) is 0 Å². The number of aryl methyl sites for hydroxylation is 2. The summed E-state index contributed by atoms with van der Waals surface area (Å²) in [6, 6.07) is 4.38. The molecule has 0 aliphatic rings. The number of hydrogen-bond acceptors (Lipinski definition) is 5. The molecule has 0 aliphatic carbocycles. The summed E-state index contributed by atoms with van der Waals surface area (Å²) in [5.74, 6) is 0.575. The summed E-state index contributed by atoms with van der Waals surface area (Å²) in [6.45, 7) is 3.56. The molecule has 0 saturated carbocycles. The zero-order valence-electron chi connectivity index (χ0n) is 11.9. The van der Waals surface area contributed by atoms with Gasteiger partial charge in [-0.1, -0.05) is 5.16 Å². The second-order valence-electron chi connectivity index (χ2n) is 4.91. The molecule has 22 heavy (non-hydrogen) atoms. The number of nitrogens with one attached hydrogen (secondary N) is 3. The molecule has 0 bridgehead atoms. The quantitative estimate of drug-likeness (QED) is 0.660. The molecule has 0 saturated heterocycles. The van der Waals surface area contributed by atoms with E-state index in [2.05, 4.69) is 19.8 Å². The number of aromatic nitrogens is 3. The molecule has 9 heteroatoms. The summed E-state index contributed by atoms with van der Waals surface area (Å²) >= 11 is 0. The summed E-state index contributed by atoms with van der Waals surface area (Å²) in [7, 11) is -3.71. The van der Waals surface area contributed by atoms with Gasteiger partial charge in [0.1, 0.15) is 5.76 Å². The molecule has 2 aromatic heterocycles. The highest BCUT2D eigenvalue weighted by Gasteiger charge is 2.17. The third-order valence-electron chi connectivity index (χ3n) is 3.42. The average Bonchev–Trinajstić information content (AvgIpc) is 2.98. The molecular formula is C13H14N4O4S. The van der Waals surface area contributed by atoms with Gasteiger partial charge in [-0.05, 0) is 32.0 Å². The fourth-order valence-corrected chi connectivity index (χ4v) is 3.20. The van der Waals surface area contributed by atoms with E-state index < -0.39 is 10.0 Å². The van der Waals surface area contributed by atoms with Crippen molar-refractivity contribution < 1.29 is 12.9 Å². The number of benzene rings is 1. The van der Waals surface area contributed by atoms with Gasteiger partial charge in [-0.3, -0.25) is 0 Å². The summed E-state index contributed by atoms with van der Waals surface area (Å²) in [6.07, 6.45) is 0. The molecule has 0 radical (unpaired) electrons. The van der Waals surface area contributed by atoms with Crippen molar-refractivity contribution in [1.29, 1.82) is 0 Å². The lowest BCUT2D eigenvalue weighted by Gasteiger charge is -2.06. The molecule has 116 valence electrons. The summed E-state index contributed by atoms with van der Waals surface area (Å²) in [4.78, 5) is 16.4. The fourth-order valence-electron chi connectivity index (χ4n) is 2.18. The largest absolute Gasteiger partial charge is 0.361 e. The van der Waals surface area contributed by atoms with E-state index in [1.165, 1.54) is 18.2 Å². The van der Waals surface area contributed by atoms with Crippen LogP contribution >= 0.6 is 0 Å². The molecule has 0 amide bonds. The third-order valence-corrected chi connectivity index (χ3v) is 4.82. The molecule has 0 unspecified atom stereocenters. The van der Waals surface area contributed by atoms with E-state index in [0.717, 1.165) is 0 Å². The van der Waals surface area contributed by atoms with Crippen molar-refractivity contribution >= 4 is 21.1 Å². The van der Waals surface area contributed by atoms with E-state index in [4.69, 9.17) is 4.52 Å². The minimum Gasteiger partial charge on any atom is -0.361 e. The molecule has 3 N–H and O–H groups in total. The number of hydrogen-bond donors (Lipinski definition) is 3. The minimum atomic E-state index is -3.71. The van der Waals surface area contributed by atoms with Gasteiger partial charge in [0.15, 0.2) is 0 Å². The first kappa shape index (κ1) is 14.5. The number of aromatic amines is 2. The molecule has 0 fully saturated rings. The van der Waals surface area contributed by atoms with Crippen molar-refractivity contribution in [2.24, 2.45) is 0 Å². The molecule has 8 nitrogen and oxygen atoms in total. The Hall–Kier alpha value is -2.39. The van der Waals surface area contributed by atoms with Crippen molar-refractivity contribution in [3.05, 3.63) is 45.7 Å². The van der Waals surface area contributed by atoms with Crippen LogP contribution in [0, 0.1) is 13.8 Å². The van der Waals surface area contributed by atoms with Gasteiger partial charge >= 0.3 is 5.69 Å². The molecule has 0 atom stereocenters. The summed E-state index contributed by atoms with van der Waals surface area (Å²) in [5.41, 5.74) is 1.96. The van der Waals surface area contributed by atoms with Crippen LogP contribution in [0.25, 0.3) is 11.0 Å². The molecule has 3 aromatic rings. The summed E-state index contributed by atoms with van der Waals surface area (Å²) in [5, 5.41) is 3.78. The van der Waals surface area contributed by atoms with Crippen molar-refractivity contribution in [1.82, 2.24) is 19.8 Å². The van der Waals surface area contributed by atoms with Gasteiger partial charge in [0.25, 0.3) is 0 Å². The summed E-state index contributed by atoms with van der Waals surface area (Å²) < 4.78 is 32.2. The van der Waals surface area contributed by atoms with Crippen molar-refractivity contribution in [2.45, 2.75) is 25.3 Å². The van der Waals surface area contributed by atoms with Crippen LogP contribution in [0.1, 0.15) is 17.0 Å². The molecule has 0 spiro atoms. The molecule has 3 rings (SSSR count). The van der Waals surface area contributed by atoms with E-state index in [1.54, 1.807) is 13.8 Å². The van der Waals surface area contributed by atoms with Gasteiger partial charge in [0.05, 0.1) is 21.6 Å². The van der Waals surface area contributed by atoms with E-state index >= 15 is 0 Å². The second-order valence-corrected chi connectivity index (χ2v) is 6.68. The number of rotatable bonds is 4. The van der Waals surface area contributed by atoms with Crippen molar-refractivity contribution in [2.75, 3.05) is 0 Å². The fraction of sp³-hybridized carbons (Fsp3) is 0.231. The van der Waals surface area contributed by atoms with Crippen LogP contribution in [0.15, 0.2) is 32.4 Å². The molecule has 0 aliphatic heterocycles. The first-order valence-corrected chi connectivity index (χ1v) is 7.98. The first-order chi connectivity index (χ1) is 10.4. The van der Waals surface area contributed by atoms with Gasteiger partial charge in [-0.25, -0.2) is 17.9 Å². The number of fused-ring (bicyclic) bond motifs is 1. The van der Waals surface area contributed by atoms with Gasteiger partial charge < -0.3 is 14.5 Å². The predicted octanol–water partition coefficient (Wildman–Crippen LogP) is 0.940. The Morgan fingerprint density at radius 2 is 1.95 bits per heavy atom. The second kappa shape index (κ2) is 5.11. The topological polar surface area (TPSA) is 121 Å². The Labute approximate surface area is 125 Å². The number of sulfonamides is 1. The van der Waals surface area contributed by atoms with Crippen LogP contribution in [-0.4, -0.2) is 23.5 Å². The number of imidazole rings is 1. The van der Waals surface area contributed by atoms with E-state index in [-0.39, 0.29) is 17.1 Å². The Bertz CT molecular complexity index is 977. The zero-order chi connectivity index (χ0) is 15.9. The number of nitrogens with zero attached hydrogens (tertiary/aromatic N) is 1. The Balaban J connectivity index is 1.89. The van der Waals surface area contributed by atoms with Crippen LogP contribution in [0.4, 0.5) is 0 Å². The van der Waals surface area contributed by atoms with Crippen LogP contribution < -0.4 is 10.4 Å². The smallest absolute Gasteiger partial charge is 0.323 e. The Morgan fingerprint density at radius 1 is 1.23 bits per heavy atom. The van der Waals surface area contributed by atoms with E-state index in [9.17, 15) is 13.2 Å². The maximum Gasteiger partial charge on any atom is 0.323 e. The SMILES string of the molecule is Cc1noc(C)c1CNS(=O)(=O)c1ccc2[nH]c(=O)[nH]c2c1. The van der Waals surface area contributed by atoms with E-state index in [1.807, 2.05) is 0 Å². The van der Waals surface area contributed by atoms with Crippen LogP contribution in [0.2, 0.25) is 0 Å². The normalized spacial score (nSPS) is 12.1. The number of H-pyrrole nitrogens is 2. The maximum atomic E-state index is 12.3. The highest BCUT2D eigenvalue weighted by molar-refractivity contribution is 7.89. The van der Waals surface area contributed by atoms with Crippen LogP contribution in [0.3, 0.4) is 0 Å². The Morgan fingerprint density at radius 3 is 2.64 bits per heavy atom. The highest BCUT2D eigenvalue weighted by Crippen LogP contribution is 2.17. The van der Waals surface area contributed by atoms with Crippen LogP contribution in [0.5, 0.6) is 0 Å². The zero-order valence-corrected chi connectivity index (χ0v) is 12.7. The monoisotopic (exact) mass is 322 g/mol.